The van der Waals surface area contributed by atoms with Crippen LogP contribution in [0.4, 0.5) is 5.69 Å². The highest BCUT2D eigenvalue weighted by Crippen LogP contribution is 2.22. The van der Waals surface area contributed by atoms with Crippen LogP contribution in [0.3, 0.4) is 0 Å². The van der Waals surface area contributed by atoms with Crippen LogP contribution in [-0.4, -0.2) is 59.3 Å². The van der Waals surface area contributed by atoms with Crippen molar-refractivity contribution in [3.63, 3.8) is 0 Å². The topological polar surface area (TPSA) is 65.8 Å². The molecule has 0 bridgehead atoms. The van der Waals surface area contributed by atoms with Gasteiger partial charge in [0.2, 0.25) is 11.8 Å². The van der Waals surface area contributed by atoms with Crippen LogP contribution in [0.2, 0.25) is 0 Å². The van der Waals surface area contributed by atoms with Crippen LogP contribution in [0, 0.1) is 5.92 Å². The molecule has 6 nitrogen and oxygen atoms in total. The fraction of sp³-hybridized carbons (Fsp3) is 0.455. The van der Waals surface area contributed by atoms with Crippen LogP contribution in [-0.2, 0) is 22.6 Å². The molecular weight excluding hydrogens is 386 g/mol. The highest BCUT2D eigenvalue weighted by molar-refractivity contribution is 7.99. The average Bonchev–Trinajstić information content (AvgIpc) is 3.39. The number of carbonyl (C=O) groups is 2. The molecular formula is C22H27N3O3S. The quantitative estimate of drug-likeness (QED) is 0.756. The highest BCUT2D eigenvalue weighted by atomic mass is 32.2. The molecule has 1 atom stereocenters. The van der Waals surface area contributed by atoms with Gasteiger partial charge < -0.3 is 19.5 Å². The first-order valence-corrected chi connectivity index (χ1v) is 11.3. The molecule has 7 heteroatoms. The lowest BCUT2D eigenvalue weighted by molar-refractivity contribution is -0.128. The maximum absolute atomic E-state index is 12.6. The molecule has 1 N–H and O–H groups in total. The van der Waals surface area contributed by atoms with E-state index in [1.165, 1.54) is 30.2 Å². The molecule has 2 amide bonds. The second-order valence-electron chi connectivity index (χ2n) is 7.64. The number of rotatable bonds is 7. The molecule has 154 valence electrons. The molecule has 29 heavy (non-hydrogen) atoms. The zero-order chi connectivity index (χ0) is 20.1. The summed E-state index contributed by atoms with van der Waals surface area (Å²) in [4.78, 5) is 29.0. The van der Waals surface area contributed by atoms with Gasteiger partial charge in [0, 0.05) is 49.8 Å². The number of hydrogen-bond donors (Lipinski definition) is 1. The van der Waals surface area contributed by atoms with E-state index in [1.54, 1.807) is 17.2 Å². The minimum Gasteiger partial charge on any atom is -0.467 e. The number of likely N-dealkylation sites (tertiary alicyclic amines) is 1. The fourth-order valence-electron chi connectivity index (χ4n) is 3.80. The van der Waals surface area contributed by atoms with Gasteiger partial charge in [0.25, 0.3) is 0 Å². The molecule has 2 saturated heterocycles. The lowest BCUT2D eigenvalue weighted by Crippen LogP contribution is -2.34. The zero-order valence-electron chi connectivity index (χ0n) is 16.5. The van der Waals surface area contributed by atoms with E-state index in [0.717, 1.165) is 24.4 Å². The van der Waals surface area contributed by atoms with Crippen molar-refractivity contribution in [2.75, 3.05) is 43.0 Å². The van der Waals surface area contributed by atoms with E-state index >= 15 is 0 Å². The summed E-state index contributed by atoms with van der Waals surface area (Å²) in [5.74, 6) is 2.76. The summed E-state index contributed by atoms with van der Waals surface area (Å²) in [6, 6.07) is 11.7. The minimum atomic E-state index is -0.325. The van der Waals surface area contributed by atoms with Crippen LogP contribution in [0.1, 0.15) is 17.7 Å². The van der Waals surface area contributed by atoms with E-state index in [9.17, 15) is 9.59 Å². The Morgan fingerprint density at radius 2 is 1.97 bits per heavy atom. The van der Waals surface area contributed by atoms with Gasteiger partial charge in [-0.1, -0.05) is 12.1 Å². The summed E-state index contributed by atoms with van der Waals surface area (Å²) < 4.78 is 5.31. The lowest BCUT2D eigenvalue weighted by Gasteiger charge is -2.26. The fourth-order valence-corrected chi connectivity index (χ4v) is 4.78. The van der Waals surface area contributed by atoms with Crippen molar-refractivity contribution >= 4 is 29.3 Å². The van der Waals surface area contributed by atoms with E-state index in [2.05, 4.69) is 22.3 Å². The molecule has 2 aliphatic rings. The molecule has 1 unspecified atom stereocenters. The van der Waals surface area contributed by atoms with E-state index in [4.69, 9.17) is 4.42 Å². The number of thioether (sulfide) groups is 1. The molecule has 2 aliphatic heterocycles. The van der Waals surface area contributed by atoms with E-state index in [0.29, 0.717) is 13.1 Å². The van der Waals surface area contributed by atoms with Crippen LogP contribution >= 0.6 is 11.8 Å². The molecule has 1 aromatic carbocycles. The Bertz CT molecular complexity index is 816. The van der Waals surface area contributed by atoms with Gasteiger partial charge in [0.05, 0.1) is 18.7 Å². The summed E-state index contributed by atoms with van der Waals surface area (Å²) in [7, 11) is 0. The van der Waals surface area contributed by atoms with Crippen LogP contribution in [0.25, 0.3) is 0 Å². The largest absolute Gasteiger partial charge is 0.467 e. The Balaban J connectivity index is 1.25. The smallest absolute Gasteiger partial charge is 0.229 e. The molecule has 0 aliphatic carbocycles. The highest BCUT2D eigenvalue weighted by Gasteiger charge is 2.34. The lowest BCUT2D eigenvalue weighted by atomic mass is 10.1. The van der Waals surface area contributed by atoms with Gasteiger partial charge in [-0.15, -0.1) is 0 Å². The van der Waals surface area contributed by atoms with Gasteiger partial charge in [0.15, 0.2) is 0 Å². The van der Waals surface area contributed by atoms with Gasteiger partial charge in [-0.05, 0) is 36.2 Å². The van der Waals surface area contributed by atoms with Gasteiger partial charge >= 0.3 is 0 Å². The Morgan fingerprint density at radius 3 is 2.69 bits per heavy atom. The summed E-state index contributed by atoms with van der Waals surface area (Å²) in [6.07, 6.45) is 2.87. The molecule has 4 rings (SSSR count). The van der Waals surface area contributed by atoms with Gasteiger partial charge in [0.1, 0.15) is 5.76 Å². The van der Waals surface area contributed by atoms with Crippen molar-refractivity contribution in [2.24, 2.45) is 5.92 Å². The van der Waals surface area contributed by atoms with Gasteiger partial charge in [-0.25, -0.2) is 0 Å². The van der Waals surface area contributed by atoms with E-state index in [-0.39, 0.29) is 24.2 Å². The van der Waals surface area contributed by atoms with Gasteiger partial charge in [-0.2, -0.15) is 11.8 Å². The molecule has 0 saturated carbocycles. The Labute approximate surface area is 175 Å². The SMILES string of the molecule is O=C(Nc1ccc(CCN2CCSCC2)cc1)C1CC(=O)N(Cc2ccco2)C1. The molecule has 2 aromatic rings. The zero-order valence-corrected chi connectivity index (χ0v) is 17.3. The first kappa shape index (κ1) is 20.0. The predicted octanol–water partition coefficient (Wildman–Crippen LogP) is 2.86. The third kappa shape index (κ3) is 5.42. The number of furan rings is 1. The van der Waals surface area contributed by atoms with Crippen molar-refractivity contribution in [3.05, 3.63) is 54.0 Å². The van der Waals surface area contributed by atoms with Crippen LogP contribution < -0.4 is 5.32 Å². The maximum atomic E-state index is 12.6. The number of benzene rings is 1. The Morgan fingerprint density at radius 1 is 1.17 bits per heavy atom. The van der Waals surface area contributed by atoms with Crippen molar-refractivity contribution in [3.8, 4) is 0 Å². The summed E-state index contributed by atoms with van der Waals surface area (Å²) >= 11 is 2.03. The molecule has 3 heterocycles. The molecule has 1 aromatic heterocycles. The number of anilines is 1. The summed E-state index contributed by atoms with van der Waals surface area (Å²) in [5.41, 5.74) is 2.06. The molecule has 0 radical (unpaired) electrons. The monoisotopic (exact) mass is 413 g/mol. The second kappa shape index (κ2) is 9.50. The van der Waals surface area contributed by atoms with E-state index in [1.807, 2.05) is 30.0 Å². The van der Waals surface area contributed by atoms with Crippen molar-refractivity contribution < 1.29 is 14.0 Å². The minimum absolute atomic E-state index is 0.00647. The third-order valence-electron chi connectivity index (χ3n) is 5.55. The first-order valence-electron chi connectivity index (χ1n) is 10.2. The molecule has 0 spiro atoms. The maximum Gasteiger partial charge on any atom is 0.229 e. The summed E-state index contributed by atoms with van der Waals surface area (Å²) in [6.45, 7) is 4.28. The predicted molar refractivity (Wildman–Crippen MR) is 115 cm³/mol. The second-order valence-corrected chi connectivity index (χ2v) is 8.87. The van der Waals surface area contributed by atoms with E-state index < -0.39 is 0 Å². The average molecular weight is 414 g/mol. The van der Waals surface area contributed by atoms with Crippen LogP contribution in [0.15, 0.2) is 47.1 Å². The Kier molecular flexibility index (Phi) is 6.56. The Hall–Kier alpha value is -2.25. The number of hydrogen-bond acceptors (Lipinski definition) is 5. The standard InChI is InChI=1S/C22H27N3O3S/c26-21-14-18(15-25(21)16-20-2-1-11-28-20)22(27)23-19-5-3-17(4-6-19)7-8-24-9-12-29-13-10-24/h1-6,11,18H,7-10,12-16H2,(H,23,27). The number of nitrogens with one attached hydrogen (secondary N) is 1. The van der Waals surface area contributed by atoms with Crippen molar-refractivity contribution in [2.45, 2.75) is 19.4 Å². The first-order chi connectivity index (χ1) is 14.2. The van der Waals surface area contributed by atoms with Crippen LogP contribution in [0.5, 0.6) is 0 Å². The van der Waals surface area contributed by atoms with Gasteiger partial charge in [-0.3, -0.25) is 9.59 Å². The van der Waals surface area contributed by atoms with Crippen molar-refractivity contribution in [1.29, 1.82) is 0 Å². The number of carbonyl (C=O) groups excluding carboxylic acids is 2. The van der Waals surface area contributed by atoms with Crippen molar-refractivity contribution in [1.82, 2.24) is 9.80 Å². The number of amides is 2. The summed E-state index contributed by atoms with van der Waals surface area (Å²) in [5, 5.41) is 2.96. The normalized spacial score (nSPS) is 20.2. The molecule has 2 fully saturated rings. The number of nitrogens with zero attached hydrogens (tertiary/aromatic N) is 2. The third-order valence-corrected chi connectivity index (χ3v) is 6.50.